The molecule has 4 nitrogen and oxygen atoms in total. The number of hydrogen-bond donors (Lipinski definition) is 2. The molecule has 2 N–H and O–H groups in total. The average molecular weight is 352 g/mol. The molecular formula is C12H25IN4. The van der Waals surface area contributed by atoms with Crippen molar-refractivity contribution in [1.29, 1.82) is 0 Å². The molecule has 1 rings (SSSR count). The molecule has 5 heteroatoms. The highest BCUT2D eigenvalue weighted by Gasteiger charge is 2.16. The molecule has 1 saturated heterocycles. The van der Waals surface area contributed by atoms with Crippen LogP contribution in [-0.4, -0.2) is 51.1 Å². The van der Waals surface area contributed by atoms with Crippen molar-refractivity contribution in [2.75, 3.05) is 40.3 Å². The lowest BCUT2D eigenvalue weighted by Crippen LogP contribution is -2.42. The maximum atomic E-state index is 4.16. The maximum absolute atomic E-state index is 4.16. The lowest BCUT2D eigenvalue weighted by molar-refractivity contribution is 0.220. The lowest BCUT2D eigenvalue weighted by atomic mass is 9.97. The molecule has 1 heterocycles. The largest absolute Gasteiger partial charge is 0.356 e. The lowest BCUT2D eigenvalue weighted by Gasteiger charge is -2.29. The topological polar surface area (TPSA) is 39.7 Å². The van der Waals surface area contributed by atoms with E-state index in [2.05, 4.69) is 34.2 Å². The maximum Gasteiger partial charge on any atom is 0.191 e. The van der Waals surface area contributed by atoms with E-state index in [0.717, 1.165) is 25.0 Å². The van der Waals surface area contributed by atoms with Crippen molar-refractivity contribution in [3.05, 3.63) is 12.7 Å². The summed E-state index contributed by atoms with van der Waals surface area (Å²) in [5.41, 5.74) is 0. The number of hydrogen-bond acceptors (Lipinski definition) is 2. The van der Waals surface area contributed by atoms with Crippen LogP contribution in [0.1, 0.15) is 12.8 Å². The zero-order valence-electron chi connectivity index (χ0n) is 10.9. The summed E-state index contributed by atoms with van der Waals surface area (Å²) in [5.74, 6) is 1.65. The summed E-state index contributed by atoms with van der Waals surface area (Å²) in [6.07, 6.45) is 4.40. The first kappa shape index (κ1) is 16.7. The van der Waals surface area contributed by atoms with Gasteiger partial charge in [0, 0.05) is 20.1 Å². The predicted molar refractivity (Wildman–Crippen MR) is 85.2 cm³/mol. The second-order valence-electron chi connectivity index (χ2n) is 4.37. The summed E-state index contributed by atoms with van der Waals surface area (Å²) >= 11 is 0. The molecular weight excluding hydrogens is 327 g/mol. The predicted octanol–water partition coefficient (Wildman–Crippen LogP) is 1.30. The van der Waals surface area contributed by atoms with Crippen molar-refractivity contribution in [3.63, 3.8) is 0 Å². The minimum atomic E-state index is 0. The molecule has 0 aromatic carbocycles. The molecule has 0 radical (unpaired) electrons. The number of aliphatic imine (C=N–C) groups is 1. The first-order valence-electron chi connectivity index (χ1n) is 6.00. The van der Waals surface area contributed by atoms with Gasteiger partial charge in [-0.15, -0.1) is 30.6 Å². The van der Waals surface area contributed by atoms with E-state index in [-0.39, 0.29) is 24.0 Å². The summed E-state index contributed by atoms with van der Waals surface area (Å²) in [6, 6.07) is 0. The van der Waals surface area contributed by atoms with Gasteiger partial charge in [0.05, 0.1) is 0 Å². The standard InChI is InChI=1S/C12H24N4.HI/c1-4-7-14-12(13-2)15-10-11-5-8-16(3)9-6-11;/h4,11H,1,5-10H2,2-3H3,(H2,13,14,15);1H. The SMILES string of the molecule is C=CCNC(=NC)NCC1CCN(C)CC1.I. The van der Waals surface area contributed by atoms with Gasteiger partial charge in [0.25, 0.3) is 0 Å². The Morgan fingerprint density at radius 3 is 2.59 bits per heavy atom. The van der Waals surface area contributed by atoms with Crippen LogP contribution >= 0.6 is 24.0 Å². The minimum Gasteiger partial charge on any atom is -0.356 e. The quantitative estimate of drug-likeness (QED) is 0.347. The number of nitrogens with one attached hydrogen (secondary N) is 2. The normalized spacial score (nSPS) is 18.4. The Morgan fingerprint density at radius 2 is 2.06 bits per heavy atom. The molecule has 0 atom stereocenters. The van der Waals surface area contributed by atoms with Crippen LogP contribution in [0.5, 0.6) is 0 Å². The van der Waals surface area contributed by atoms with E-state index in [0.29, 0.717) is 0 Å². The fourth-order valence-corrected chi connectivity index (χ4v) is 1.90. The van der Waals surface area contributed by atoms with Crippen molar-refractivity contribution in [2.45, 2.75) is 12.8 Å². The van der Waals surface area contributed by atoms with Crippen LogP contribution in [-0.2, 0) is 0 Å². The highest BCUT2D eigenvalue weighted by atomic mass is 127. The third-order valence-corrected chi connectivity index (χ3v) is 3.03. The Bertz CT molecular complexity index is 235. The van der Waals surface area contributed by atoms with E-state index >= 15 is 0 Å². The third kappa shape index (κ3) is 6.88. The van der Waals surface area contributed by atoms with Gasteiger partial charge in [-0.1, -0.05) is 6.08 Å². The summed E-state index contributed by atoms with van der Waals surface area (Å²) in [4.78, 5) is 6.55. The highest BCUT2D eigenvalue weighted by molar-refractivity contribution is 14.0. The molecule has 0 amide bonds. The Morgan fingerprint density at radius 1 is 1.41 bits per heavy atom. The van der Waals surface area contributed by atoms with Crippen molar-refractivity contribution in [2.24, 2.45) is 10.9 Å². The number of likely N-dealkylation sites (tertiary alicyclic amines) is 1. The molecule has 1 aliphatic heterocycles. The smallest absolute Gasteiger partial charge is 0.191 e. The molecule has 0 unspecified atom stereocenters. The van der Waals surface area contributed by atoms with Gasteiger partial charge in [-0.2, -0.15) is 0 Å². The van der Waals surface area contributed by atoms with Crippen LogP contribution in [0.15, 0.2) is 17.6 Å². The van der Waals surface area contributed by atoms with Crippen LogP contribution in [0.4, 0.5) is 0 Å². The van der Waals surface area contributed by atoms with Crippen LogP contribution in [0, 0.1) is 5.92 Å². The van der Waals surface area contributed by atoms with Gasteiger partial charge in [0.15, 0.2) is 5.96 Å². The molecule has 100 valence electrons. The highest BCUT2D eigenvalue weighted by Crippen LogP contribution is 2.14. The fourth-order valence-electron chi connectivity index (χ4n) is 1.90. The second kappa shape index (κ2) is 9.70. The van der Waals surface area contributed by atoms with Gasteiger partial charge in [0.1, 0.15) is 0 Å². The Kier molecular flexibility index (Phi) is 9.53. The zero-order valence-corrected chi connectivity index (χ0v) is 13.2. The van der Waals surface area contributed by atoms with E-state index in [9.17, 15) is 0 Å². The molecule has 0 aliphatic carbocycles. The van der Waals surface area contributed by atoms with E-state index in [1.165, 1.54) is 25.9 Å². The average Bonchev–Trinajstić information content (AvgIpc) is 2.32. The first-order chi connectivity index (χ1) is 7.76. The van der Waals surface area contributed by atoms with Gasteiger partial charge in [-0.05, 0) is 38.9 Å². The minimum absolute atomic E-state index is 0. The molecule has 1 fully saturated rings. The van der Waals surface area contributed by atoms with Crippen molar-refractivity contribution >= 4 is 29.9 Å². The van der Waals surface area contributed by atoms with Gasteiger partial charge in [0.2, 0.25) is 0 Å². The molecule has 1 aliphatic rings. The third-order valence-electron chi connectivity index (χ3n) is 3.03. The number of halogens is 1. The van der Waals surface area contributed by atoms with Crippen LogP contribution in [0.25, 0.3) is 0 Å². The summed E-state index contributed by atoms with van der Waals surface area (Å²) in [6.45, 7) is 7.88. The van der Waals surface area contributed by atoms with Gasteiger partial charge >= 0.3 is 0 Å². The number of guanidine groups is 1. The zero-order chi connectivity index (χ0) is 11.8. The number of nitrogens with zero attached hydrogens (tertiary/aromatic N) is 2. The molecule has 17 heavy (non-hydrogen) atoms. The summed E-state index contributed by atoms with van der Waals surface area (Å²) < 4.78 is 0. The fraction of sp³-hybridized carbons (Fsp3) is 0.750. The van der Waals surface area contributed by atoms with E-state index in [1.54, 1.807) is 7.05 Å². The van der Waals surface area contributed by atoms with E-state index < -0.39 is 0 Å². The van der Waals surface area contributed by atoms with E-state index in [4.69, 9.17) is 0 Å². The monoisotopic (exact) mass is 352 g/mol. The Hall–Kier alpha value is -0.300. The van der Waals surface area contributed by atoms with Gasteiger partial charge in [-0.25, -0.2) is 0 Å². The first-order valence-corrected chi connectivity index (χ1v) is 6.00. The molecule has 0 aromatic heterocycles. The van der Waals surface area contributed by atoms with Gasteiger partial charge in [-0.3, -0.25) is 4.99 Å². The Balaban J connectivity index is 0.00000256. The Labute approximate surface area is 122 Å². The van der Waals surface area contributed by atoms with Crippen LogP contribution in [0.2, 0.25) is 0 Å². The molecule has 0 aromatic rings. The van der Waals surface area contributed by atoms with E-state index in [1.807, 2.05) is 6.08 Å². The molecule has 0 spiro atoms. The number of piperidine rings is 1. The van der Waals surface area contributed by atoms with Crippen LogP contribution < -0.4 is 10.6 Å². The molecule has 0 bridgehead atoms. The summed E-state index contributed by atoms with van der Waals surface area (Å²) in [7, 11) is 3.99. The number of rotatable bonds is 4. The van der Waals surface area contributed by atoms with Gasteiger partial charge < -0.3 is 15.5 Å². The van der Waals surface area contributed by atoms with Crippen molar-refractivity contribution in [1.82, 2.24) is 15.5 Å². The summed E-state index contributed by atoms with van der Waals surface area (Å²) in [5, 5.41) is 6.54. The second-order valence-corrected chi connectivity index (χ2v) is 4.37. The van der Waals surface area contributed by atoms with Crippen molar-refractivity contribution in [3.8, 4) is 0 Å². The molecule has 0 saturated carbocycles. The van der Waals surface area contributed by atoms with Crippen LogP contribution in [0.3, 0.4) is 0 Å². The van der Waals surface area contributed by atoms with Crippen molar-refractivity contribution < 1.29 is 0 Å².